The molecule has 0 aliphatic rings. The van der Waals surface area contributed by atoms with Gasteiger partial charge in [0.2, 0.25) is 0 Å². The van der Waals surface area contributed by atoms with Gasteiger partial charge in [-0.2, -0.15) is 0 Å². The molecule has 17 heavy (non-hydrogen) atoms. The second-order valence-electron chi connectivity index (χ2n) is 3.99. The Balaban J connectivity index is 3.13. The Kier molecular flexibility index (Phi) is 4.78. The van der Waals surface area contributed by atoms with Crippen LogP contribution in [-0.2, 0) is 5.60 Å². The van der Waals surface area contributed by atoms with Crippen molar-refractivity contribution in [3.63, 3.8) is 0 Å². The van der Waals surface area contributed by atoms with Crippen molar-refractivity contribution >= 4 is 0 Å². The van der Waals surface area contributed by atoms with Crippen molar-refractivity contribution in [2.45, 2.75) is 18.9 Å². The van der Waals surface area contributed by atoms with E-state index >= 15 is 0 Å². The fourth-order valence-electron chi connectivity index (χ4n) is 1.85. The van der Waals surface area contributed by atoms with Gasteiger partial charge in [0.25, 0.3) is 0 Å². The van der Waals surface area contributed by atoms with Crippen LogP contribution in [0.4, 0.5) is 0 Å². The van der Waals surface area contributed by atoms with E-state index in [0.717, 1.165) is 5.56 Å². The van der Waals surface area contributed by atoms with Gasteiger partial charge in [0, 0.05) is 6.54 Å². The standard InChI is InChI=1S/C13H21NO3/c1-5-13(15,9-14-2)10-6-7-11(16-3)12(8-10)17-4/h6-8,14-15H,5,9H2,1-4H3. The average molecular weight is 239 g/mol. The molecule has 1 unspecified atom stereocenters. The highest BCUT2D eigenvalue weighted by Gasteiger charge is 2.27. The van der Waals surface area contributed by atoms with Crippen LogP contribution < -0.4 is 14.8 Å². The predicted molar refractivity (Wildman–Crippen MR) is 67.7 cm³/mol. The Labute approximate surface area is 103 Å². The summed E-state index contributed by atoms with van der Waals surface area (Å²) in [5.74, 6) is 1.30. The quantitative estimate of drug-likeness (QED) is 0.790. The van der Waals surface area contributed by atoms with E-state index in [-0.39, 0.29) is 0 Å². The van der Waals surface area contributed by atoms with Gasteiger partial charge in [0.15, 0.2) is 11.5 Å². The largest absolute Gasteiger partial charge is 0.493 e. The molecule has 0 saturated heterocycles. The van der Waals surface area contributed by atoms with Gasteiger partial charge < -0.3 is 19.9 Å². The van der Waals surface area contributed by atoms with Crippen LogP contribution in [0.2, 0.25) is 0 Å². The maximum atomic E-state index is 10.5. The summed E-state index contributed by atoms with van der Waals surface area (Å²) in [5, 5.41) is 13.5. The minimum absolute atomic E-state index is 0.499. The molecule has 0 saturated carbocycles. The van der Waals surface area contributed by atoms with Crippen molar-refractivity contribution in [3.05, 3.63) is 23.8 Å². The highest BCUT2D eigenvalue weighted by Crippen LogP contribution is 2.33. The molecule has 0 aliphatic carbocycles. The van der Waals surface area contributed by atoms with Crippen molar-refractivity contribution in [3.8, 4) is 11.5 Å². The maximum Gasteiger partial charge on any atom is 0.161 e. The summed E-state index contributed by atoms with van der Waals surface area (Å²) in [5.41, 5.74) is -0.0547. The Morgan fingerprint density at radius 3 is 2.35 bits per heavy atom. The molecule has 0 heterocycles. The zero-order chi connectivity index (χ0) is 12.9. The number of hydrogen-bond acceptors (Lipinski definition) is 4. The normalized spacial score (nSPS) is 14.2. The Hall–Kier alpha value is -1.26. The van der Waals surface area contributed by atoms with Gasteiger partial charge >= 0.3 is 0 Å². The highest BCUT2D eigenvalue weighted by atomic mass is 16.5. The molecule has 0 fully saturated rings. The smallest absolute Gasteiger partial charge is 0.161 e. The Morgan fingerprint density at radius 1 is 1.24 bits per heavy atom. The lowest BCUT2D eigenvalue weighted by Gasteiger charge is -2.27. The third-order valence-corrected chi connectivity index (χ3v) is 2.98. The molecule has 2 N–H and O–H groups in total. The minimum atomic E-state index is -0.881. The zero-order valence-electron chi connectivity index (χ0n) is 10.9. The molecule has 4 nitrogen and oxygen atoms in total. The second-order valence-corrected chi connectivity index (χ2v) is 3.99. The highest BCUT2D eigenvalue weighted by molar-refractivity contribution is 5.44. The zero-order valence-corrected chi connectivity index (χ0v) is 10.9. The second kappa shape index (κ2) is 5.89. The molecule has 96 valence electrons. The molecule has 0 aromatic heterocycles. The van der Waals surface area contributed by atoms with Gasteiger partial charge in [0.05, 0.1) is 14.2 Å². The monoisotopic (exact) mass is 239 g/mol. The molecule has 0 spiro atoms. The lowest BCUT2D eigenvalue weighted by atomic mass is 9.91. The van der Waals surface area contributed by atoms with Gasteiger partial charge in [-0.3, -0.25) is 0 Å². The van der Waals surface area contributed by atoms with Crippen LogP contribution >= 0.6 is 0 Å². The minimum Gasteiger partial charge on any atom is -0.493 e. The first kappa shape index (κ1) is 13.8. The van der Waals surface area contributed by atoms with Crippen LogP contribution in [0.25, 0.3) is 0 Å². The molecule has 0 aliphatic heterocycles. The molecule has 1 atom stereocenters. The van der Waals surface area contributed by atoms with E-state index in [2.05, 4.69) is 5.32 Å². The number of likely N-dealkylation sites (N-methyl/N-ethyl adjacent to an activating group) is 1. The summed E-state index contributed by atoms with van der Waals surface area (Å²) in [7, 11) is 5.00. The van der Waals surface area contributed by atoms with E-state index in [9.17, 15) is 5.11 Å². The summed E-state index contributed by atoms with van der Waals surface area (Å²) >= 11 is 0. The first-order valence-electron chi connectivity index (χ1n) is 5.70. The Bertz CT molecular complexity index is 368. The van der Waals surface area contributed by atoms with Crippen LogP contribution in [0.3, 0.4) is 0 Å². The molecule has 0 radical (unpaired) electrons. The van der Waals surface area contributed by atoms with Crippen LogP contribution in [0.1, 0.15) is 18.9 Å². The van der Waals surface area contributed by atoms with Gasteiger partial charge in [-0.15, -0.1) is 0 Å². The molecular formula is C13H21NO3. The summed E-state index contributed by atoms with van der Waals surface area (Å²) in [6.07, 6.45) is 0.628. The molecule has 1 aromatic rings. The van der Waals surface area contributed by atoms with E-state index < -0.39 is 5.60 Å². The van der Waals surface area contributed by atoms with Crippen LogP contribution in [0, 0.1) is 0 Å². The molecular weight excluding hydrogens is 218 g/mol. The first-order valence-corrected chi connectivity index (χ1v) is 5.70. The summed E-state index contributed by atoms with van der Waals surface area (Å²) in [6, 6.07) is 5.49. The van der Waals surface area contributed by atoms with Crippen molar-refractivity contribution in [1.29, 1.82) is 0 Å². The van der Waals surface area contributed by atoms with Crippen LogP contribution in [-0.4, -0.2) is 32.9 Å². The van der Waals surface area contributed by atoms with E-state index in [1.54, 1.807) is 14.2 Å². The number of aliphatic hydroxyl groups is 1. The van der Waals surface area contributed by atoms with E-state index in [4.69, 9.17) is 9.47 Å². The van der Waals surface area contributed by atoms with Gasteiger partial charge in [-0.25, -0.2) is 0 Å². The number of benzene rings is 1. The van der Waals surface area contributed by atoms with Gasteiger partial charge in [0.1, 0.15) is 5.60 Å². The van der Waals surface area contributed by atoms with Crippen molar-refractivity contribution in [1.82, 2.24) is 5.32 Å². The summed E-state index contributed by atoms with van der Waals surface area (Å²) in [6.45, 7) is 2.45. The maximum absolute atomic E-state index is 10.5. The lowest BCUT2D eigenvalue weighted by Crippen LogP contribution is -2.36. The number of methoxy groups -OCH3 is 2. The third kappa shape index (κ3) is 2.90. The van der Waals surface area contributed by atoms with Crippen LogP contribution in [0.15, 0.2) is 18.2 Å². The fourth-order valence-corrected chi connectivity index (χ4v) is 1.85. The predicted octanol–water partition coefficient (Wildman–Crippen LogP) is 1.52. The van der Waals surface area contributed by atoms with E-state index in [0.29, 0.717) is 24.5 Å². The molecule has 1 rings (SSSR count). The number of nitrogens with one attached hydrogen (secondary N) is 1. The number of rotatable bonds is 6. The lowest BCUT2D eigenvalue weighted by molar-refractivity contribution is 0.0344. The van der Waals surface area contributed by atoms with E-state index in [1.165, 1.54) is 0 Å². The topological polar surface area (TPSA) is 50.7 Å². The number of hydrogen-bond donors (Lipinski definition) is 2. The third-order valence-electron chi connectivity index (χ3n) is 2.98. The van der Waals surface area contributed by atoms with Gasteiger partial charge in [-0.05, 0) is 31.2 Å². The molecule has 0 amide bonds. The SMILES string of the molecule is CCC(O)(CNC)c1ccc(OC)c(OC)c1. The molecule has 1 aromatic carbocycles. The summed E-state index contributed by atoms with van der Waals surface area (Å²) < 4.78 is 10.4. The van der Waals surface area contributed by atoms with Crippen molar-refractivity contribution in [2.75, 3.05) is 27.8 Å². The van der Waals surface area contributed by atoms with Crippen molar-refractivity contribution in [2.24, 2.45) is 0 Å². The first-order chi connectivity index (χ1) is 8.11. The Morgan fingerprint density at radius 2 is 1.88 bits per heavy atom. The molecule has 4 heteroatoms. The van der Waals surface area contributed by atoms with Crippen LogP contribution in [0.5, 0.6) is 11.5 Å². The summed E-state index contributed by atoms with van der Waals surface area (Å²) in [4.78, 5) is 0. The molecule has 0 bridgehead atoms. The fraction of sp³-hybridized carbons (Fsp3) is 0.538. The average Bonchev–Trinajstić information content (AvgIpc) is 2.38. The van der Waals surface area contributed by atoms with Crippen molar-refractivity contribution < 1.29 is 14.6 Å². The number of ether oxygens (including phenoxy) is 2. The van der Waals surface area contributed by atoms with E-state index in [1.807, 2.05) is 32.2 Å². The van der Waals surface area contributed by atoms with Gasteiger partial charge in [-0.1, -0.05) is 13.0 Å².